The van der Waals surface area contributed by atoms with E-state index in [4.69, 9.17) is 4.98 Å². The van der Waals surface area contributed by atoms with Crippen LogP contribution < -0.4 is 0 Å². The minimum Gasteiger partial charge on any atom is -0.292 e. The van der Waals surface area contributed by atoms with Crippen LogP contribution in [0.5, 0.6) is 0 Å². The minimum atomic E-state index is 0.901. The van der Waals surface area contributed by atoms with Gasteiger partial charge in [-0.25, -0.2) is 4.98 Å². The van der Waals surface area contributed by atoms with E-state index in [1.165, 1.54) is 54.9 Å². The van der Waals surface area contributed by atoms with Gasteiger partial charge in [0.15, 0.2) is 0 Å². The van der Waals surface area contributed by atoms with Gasteiger partial charge in [-0.2, -0.15) is 0 Å². The lowest BCUT2D eigenvalue weighted by Crippen LogP contribution is -2.00. The number of rotatable bonds is 7. The van der Waals surface area contributed by atoms with Crippen molar-refractivity contribution in [2.45, 2.75) is 0 Å². The highest BCUT2D eigenvalue weighted by atomic mass is 15.1. The Balaban J connectivity index is 1.18. The average molecular weight is 701 g/mol. The molecule has 2 nitrogen and oxygen atoms in total. The third kappa shape index (κ3) is 5.72. The van der Waals surface area contributed by atoms with Crippen molar-refractivity contribution in [1.29, 1.82) is 0 Å². The third-order valence-electron chi connectivity index (χ3n) is 10.6. The van der Waals surface area contributed by atoms with Crippen molar-refractivity contribution < 1.29 is 0 Å². The van der Waals surface area contributed by atoms with Crippen molar-refractivity contribution in [3.63, 3.8) is 0 Å². The van der Waals surface area contributed by atoms with Gasteiger partial charge in [0.05, 0.1) is 11.4 Å². The molecule has 0 aliphatic rings. The lowest BCUT2D eigenvalue weighted by Gasteiger charge is -2.20. The highest BCUT2D eigenvalue weighted by Crippen LogP contribution is 2.46. The van der Waals surface area contributed by atoms with E-state index in [1.54, 1.807) is 0 Å². The van der Waals surface area contributed by atoms with Gasteiger partial charge in [0.25, 0.3) is 0 Å². The predicted octanol–water partition coefficient (Wildman–Crippen LogP) is 14.2. The fourth-order valence-electron chi connectivity index (χ4n) is 8.19. The van der Waals surface area contributed by atoms with Crippen LogP contribution in [0.2, 0.25) is 0 Å². The first-order valence-corrected chi connectivity index (χ1v) is 18.8. The smallest absolute Gasteiger partial charge is 0.145 e. The normalized spacial score (nSPS) is 11.3. The highest BCUT2D eigenvalue weighted by Gasteiger charge is 2.23. The molecule has 0 amide bonds. The van der Waals surface area contributed by atoms with E-state index in [-0.39, 0.29) is 0 Å². The summed E-state index contributed by atoms with van der Waals surface area (Å²) in [7, 11) is 0. The van der Waals surface area contributed by atoms with E-state index in [1.807, 2.05) is 0 Å². The maximum Gasteiger partial charge on any atom is 0.145 e. The van der Waals surface area contributed by atoms with Crippen LogP contribution in [0, 0.1) is 0 Å². The molecule has 258 valence electrons. The molecule has 1 heterocycles. The first-order chi connectivity index (χ1) is 27.3. The molecule has 0 bridgehead atoms. The van der Waals surface area contributed by atoms with Crippen LogP contribution in [0.15, 0.2) is 218 Å². The molecule has 0 saturated heterocycles. The predicted molar refractivity (Wildman–Crippen MR) is 231 cm³/mol. The molecule has 0 radical (unpaired) electrons. The van der Waals surface area contributed by atoms with Gasteiger partial charge in [-0.15, -0.1) is 0 Å². The Morgan fingerprint density at radius 2 is 0.709 bits per heavy atom. The molecule has 0 saturated carbocycles. The summed E-state index contributed by atoms with van der Waals surface area (Å²) in [6, 6.07) is 78.0. The quantitative estimate of drug-likeness (QED) is 0.151. The SMILES string of the molecule is c1ccc(-c2ccccc2-c2c3ccccc3c(-c3ccc(-c4nc(-c5ccccc5)c(-c5ccccc5)n4-c4ccccc4)cc3)c3ccccc23)cc1. The fourth-order valence-corrected chi connectivity index (χ4v) is 8.19. The summed E-state index contributed by atoms with van der Waals surface area (Å²) in [5.74, 6) is 0.901. The van der Waals surface area contributed by atoms with Crippen molar-refractivity contribution in [3.05, 3.63) is 218 Å². The number of nitrogens with zero attached hydrogens (tertiary/aromatic N) is 2. The van der Waals surface area contributed by atoms with Gasteiger partial charge in [0.2, 0.25) is 0 Å². The number of hydrogen-bond donors (Lipinski definition) is 0. The molecule has 1 aromatic heterocycles. The monoisotopic (exact) mass is 700 g/mol. The second-order valence-corrected chi connectivity index (χ2v) is 13.9. The van der Waals surface area contributed by atoms with Gasteiger partial charge in [0, 0.05) is 22.4 Å². The van der Waals surface area contributed by atoms with E-state index in [0.717, 1.165) is 39.6 Å². The maximum atomic E-state index is 5.45. The molecule has 0 fully saturated rings. The Kier molecular flexibility index (Phi) is 8.20. The molecule has 0 spiro atoms. The molecular weight excluding hydrogens is 665 g/mol. The largest absolute Gasteiger partial charge is 0.292 e. The number of hydrogen-bond acceptors (Lipinski definition) is 1. The van der Waals surface area contributed by atoms with Gasteiger partial charge >= 0.3 is 0 Å². The van der Waals surface area contributed by atoms with Crippen LogP contribution in [-0.2, 0) is 0 Å². The second kappa shape index (κ2) is 13.9. The number of para-hydroxylation sites is 1. The van der Waals surface area contributed by atoms with Crippen LogP contribution in [-0.4, -0.2) is 9.55 Å². The first-order valence-electron chi connectivity index (χ1n) is 18.8. The summed E-state index contributed by atoms with van der Waals surface area (Å²) >= 11 is 0. The lowest BCUT2D eigenvalue weighted by atomic mass is 9.84. The Morgan fingerprint density at radius 1 is 0.291 bits per heavy atom. The summed E-state index contributed by atoms with van der Waals surface area (Å²) in [5.41, 5.74) is 13.7. The summed E-state index contributed by atoms with van der Waals surface area (Å²) in [5, 5.41) is 4.94. The molecule has 55 heavy (non-hydrogen) atoms. The van der Waals surface area contributed by atoms with Gasteiger partial charge in [-0.1, -0.05) is 206 Å². The molecule has 2 heteroatoms. The lowest BCUT2D eigenvalue weighted by molar-refractivity contribution is 1.07. The Labute approximate surface area is 321 Å². The van der Waals surface area contributed by atoms with Crippen LogP contribution in [0.4, 0.5) is 0 Å². The van der Waals surface area contributed by atoms with Crippen molar-refractivity contribution in [1.82, 2.24) is 9.55 Å². The zero-order valence-electron chi connectivity index (χ0n) is 30.2. The molecule has 10 aromatic rings. The van der Waals surface area contributed by atoms with E-state index in [9.17, 15) is 0 Å². The molecular formula is C53H36N2. The number of imidazole rings is 1. The molecule has 0 atom stereocenters. The van der Waals surface area contributed by atoms with Crippen LogP contribution in [0.1, 0.15) is 0 Å². The van der Waals surface area contributed by atoms with E-state index in [2.05, 4.69) is 223 Å². The van der Waals surface area contributed by atoms with Crippen molar-refractivity contribution in [3.8, 4) is 73.0 Å². The van der Waals surface area contributed by atoms with Crippen LogP contribution >= 0.6 is 0 Å². The second-order valence-electron chi connectivity index (χ2n) is 13.9. The molecule has 9 aromatic carbocycles. The van der Waals surface area contributed by atoms with E-state index < -0.39 is 0 Å². The number of benzene rings is 9. The fraction of sp³-hybridized carbons (Fsp3) is 0. The zero-order chi connectivity index (χ0) is 36.6. The van der Waals surface area contributed by atoms with Gasteiger partial charge in [-0.3, -0.25) is 4.57 Å². The first kappa shape index (κ1) is 32.4. The third-order valence-corrected chi connectivity index (χ3v) is 10.6. The number of aromatic nitrogens is 2. The molecule has 0 N–H and O–H groups in total. The van der Waals surface area contributed by atoms with Crippen molar-refractivity contribution in [2.75, 3.05) is 0 Å². The van der Waals surface area contributed by atoms with E-state index >= 15 is 0 Å². The topological polar surface area (TPSA) is 17.8 Å². The van der Waals surface area contributed by atoms with Crippen LogP contribution in [0.25, 0.3) is 94.5 Å². The van der Waals surface area contributed by atoms with Gasteiger partial charge in [-0.05, 0) is 67.1 Å². The van der Waals surface area contributed by atoms with E-state index in [0.29, 0.717) is 0 Å². The summed E-state index contributed by atoms with van der Waals surface area (Å²) in [4.78, 5) is 5.45. The summed E-state index contributed by atoms with van der Waals surface area (Å²) < 4.78 is 2.32. The zero-order valence-corrected chi connectivity index (χ0v) is 30.2. The Hall–Kier alpha value is -7.29. The molecule has 0 unspecified atom stereocenters. The Bertz CT molecular complexity index is 2870. The maximum absolute atomic E-state index is 5.45. The molecule has 10 rings (SSSR count). The van der Waals surface area contributed by atoms with Gasteiger partial charge in [0.1, 0.15) is 5.82 Å². The van der Waals surface area contributed by atoms with Crippen molar-refractivity contribution in [2.24, 2.45) is 0 Å². The minimum absolute atomic E-state index is 0.901. The van der Waals surface area contributed by atoms with Crippen LogP contribution in [0.3, 0.4) is 0 Å². The summed E-state index contributed by atoms with van der Waals surface area (Å²) in [6.07, 6.45) is 0. The highest BCUT2D eigenvalue weighted by molar-refractivity contribution is 6.22. The molecule has 0 aliphatic carbocycles. The van der Waals surface area contributed by atoms with Gasteiger partial charge < -0.3 is 0 Å². The Morgan fingerprint density at radius 3 is 1.27 bits per heavy atom. The standard InChI is InChI=1S/C53H36N2/c1-5-19-37(20-6-1)43-27-13-14-28-44(43)50-47-31-17-15-29-45(47)49(46-30-16-18-32-48(46)50)38-33-35-41(36-34-38)53-54-51(39-21-7-2-8-22-39)52(40-23-9-3-10-24-40)55(53)42-25-11-4-12-26-42/h1-36H. The summed E-state index contributed by atoms with van der Waals surface area (Å²) in [6.45, 7) is 0. The van der Waals surface area contributed by atoms with Crippen molar-refractivity contribution >= 4 is 21.5 Å². The molecule has 0 aliphatic heterocycles. The number of fused-ring (bicyclic) bond motifs is 2. The average Bonchev–Trinajstić information content (AvgIpc) is 3.68.